The molecular formula is C77H149NO7. The molecule has 0 bridgehead atoms. The third-order valence-corrected chi connectivity index (χ3v) is 11.6. The van der Waals surface area contributed by atoms with Crippen LogP contribution in [0.3, 0.4) is 0 Å². The first kappa shape index (κ1) is 103. The molecule has 8 heteroatoms. The summed E-state index contributed by atoms with van der Waals surface area (Å²) < 4.78 is 10.5. The van der Waals surface area contributed by atoms with Crippen LogP contribution in [0.25, 0.3) is 0 Å². The number of nitrogens with one attached hydrogen (secondary N) is 1. The maximum absolute atomic E-state index is 11.2. The van der Waals surface area contributed by atoms with Crippen LogP contribution >= 0.6 is 0 Å². The zero-order valence-corrected chi connectivity index (χ0v) is 62.6. The lowest BCUT2D eigenvalue weighted by molar-refractivity contribution is -0.123. The molecule has 85 heavy (non-hydrogen) atoms. The number of hydrogen-bond donors (Lipinski definition) is 1. The Labute approximate surface area is 534 Å². The largest absolute Gasteiger partial charge is 0.379 e. The predicted molar refractivity (Wildman–Crippen MR) is 379 cm³/mol. The number of Topliss-reactive ketones (excluding diaryl/α,β-unsaturated/α-hetero) is 5. The maximum Gasteiger partial charge on any atom is 0.147 e. The van der Waals surface area contributed by atoms with Gasteiger partial charge in [0, 0.05) is 68.2 Å². The van der Waals surface area contributed by atoms with Gasteiger partial charge in [-0.25, -0.2) is 0 Å². The summed E-state index contributed by atoms with van der Waals surface area (Å²) in [5.41, 5.74) is 0. The van der Waals surface area contributed by atoms with Crippen LogP contribution in [0, 0.1) is 107 Å². The summed E-state index contributed by atoms with van der Waals surface area (Å²) in [6, 6.07) is 0. The monoisotopic (exact) mass is 1200 g/mol. The number of rotatable bonds is 32. The van der Waals surface area contributed by atoms with Gasteiger partial charge in [0.1, 0.15) is 28.9 Å². The second-order valence-electron chi connectivity index (χ2n) is 24.9. The van der Waals surface area contributed by atoms with E-state index >= 15 is 0 Å². The van der Waals surface area contributed by atoms with Crippen molar-refractivity contribution in [2.24, 2.45) is 59.2 Å². The van der Waals surface area contributed by atoms with E-state index in [1.165, 1.54) is 64.2 Å². The highest BCUT2D eigenvalue weighted by molar-refractivity contribution is 5.83. The van der Waals surface area contributed by atoms with Crippen LogP contribution in [0.4, 0.5) is 0 Å². The minimum Gasteiger partial charge on any atom is -0.379 e. The molecule has 0 fully saturated rings. The second-order valence-corrected chi connectivity index (χ2v) is 24.9. The quantitative estimate of drug-likeness (QED) is 0.0523. The topological polar surface area (TPSA) is 116 Å². The molecule has 0 spiro atoms. The van der Waals surface area contributed by atoms with Gasteiger partial charge in [0.25, 0.3) is 0 Å². The van der Waals surface area contributed by atoms with Crippen molar-refractivity contribution in [3.05, 3.63) is 0 Å². The van der Waals surface area contributed by atoms with Crippen molar-refractivity contribution < 1.29 is 33.4 Å². The van der Waals surface area contributed by atoms with Crippen molar-refractivity contribution in [3.63, 3.8) is 0 Å². The number of likely N-dealkylation sites (N-methyl/N-ethyl adjacent to an activating group) is 1. The number of carbonyl (C=O) groups excluding carboxylic acids is 5. The summed E-state index contributed by atoms with van der Waals surface area (Å²) >= 11 is 0. The van der Waals surface area contributed by atoms with Crippen LogP contribution in [0.15, 0.2) is 0 Å². The highest BCUT2D eigenvalue weighted by atomic mass is 16.5. The molecule has 0 aliphatic rings. The average molecular weight is 1200 g/mol. The zero-order chi connectivity index (χ0) is 68.4. The Morgan fingerprint density at radius 2 is 0.612 bits per heavy atom. The Balaban J connectivity index is -0.0000000929. The highest BCUT2D eigenvalue weighted by Gasteiger charge is 2.07. The summed E-state index contributed by atoms with van der Waals surface area (Å²) in [5.74, 6) is 29.2. The van der Waals surface area contributed by atoms with Gasteiger partial charge < -0.3 is 14.8 Å². The zero-order valence-electron chi connectivity index (χ0n) is 62.6. The maximum atomic E-state index is 11.2. The first-order valence-electron chi connectivity index (χ1n) is 33.8. The van der Waals surface area contributed by atoms with Crippen molar-refractivity contribution in [2.45, 2.75) is 323 Å². The van der Waals surface area contributed by atoms with Crippen LogP contribution in [0.2, 0.25) is 0 Å². The number of ether oxygens (including phenoxy) is 2. The molecule has 0 radical (unpaired) electrons. The Kier molecular flexibility index (Phi) is 106. The second kappa shape index (κ2) is 86.9. The molecule has 504 valence electrons. The van der Waals surface area contributed by atoms with Gasteiger partial charge in [-0.15, -0.1) is 35.5 Å². The third kappa shape index (κ3) is 131. The molecule has 0 aliphatic carbocycles. The Bertz CT molecular complexity index is 1550. The van der Waals surface area contributed by atoms with Crippen molar-refractivity contribution in [1.82, 2.24) is 5.32 Å². The van der Waals surface area contributed by atoms with E-state index in [0.29, 0.717) is 57.3 Å². The molecule has 0 aromatic rings. The summed E-state index contributed by atoms with van der Waals surface area (Å²) in [5, 5.41) is 2.99. The molecule has 0 rings (SSSR count). The van der Waals surface area contributed by atoms with Gasteiger partial charge >= 0.3 is 0 Å². The molecule has 0 unspecified atom stereocenters. The molecule has 0 aromatic carbocycles. The summed E-state index contributed by atoms with van der Waals surface area (Å²) in [6.45, 7) is 62.9. The van der Waals surface area contributed by atoms with Gasteiger partial charge in [-0.2, -0.15) is 0 Å². The minimum atomic E-state index is 0.112. The average Bonchev–Trinajstić information content (AvgIpc) is 3.42. The number of unbranched alkanes of at least 4 members (excludes halogenated alkanes) is 2. The van der Waals surface area contributed by atoms with E-state index in [0.717, 1.165) is 74.7 Å². The van der Waals surface area contributed by atoms with Gasteiger partial charge in [-0.1, -0.05) is 236 Å². The van der Waals surface area contributed by atoms with Gasteiger partial charge in [0.15, 0.2) is 0 Å². The van der Waals surface area contributed by atoms with Crippen LogP contribution in [-0.2, 0) is 33.4 Å². The van der Waals surface area contributed by atoms with Crippen molar-refractivity contribution in [1.29, 1.82) is 0 Å². The van der Waals surface area contributed by atoms with Gasteiger partial charge in [0.05, 0.1) is 39.3 Å². The first-order chi connectivity index (χ1) is 39.8. The summed E-state index contributed by atoms with van der Waals surface area (Å²) in [7, 11) is 1.89. The fraction of sp³-hybridized carbons (Fsp3) is 0.831. The molecule has 0 saturated carbocycles. The Morgan fingerprint density at radius 3 is 0.800 bits per heavy atom. The van der Waals surface area contributed by atoms with Crippen molar-refractivity contribution in [2.75, 3.05) is 40.0 Å². The molecule has 0 aliphatic heterocycles. The van der Waals surface area contributed by atoms with Crippen molar-refractivity contribution >= 4 is 28.9 Å². The lowest BCUT2D eigenvalue weighted by Gasteiger charge is -2.06. The van der Waals surface area contributed by atoms with Crippen LogP contribution in [0.1, 0.15) is 323 Å². The van der Waals surface area contributed by atoms with Gasteiger partial charge in [-0.3, -0.25) is 24.0 Å². The fourth-order valence-electron chi connectivity index (χ4n) is 5.56. The smallest absolute Gasteiger partial charge is 0.147 e. The predicted octanol–water partition coefficient (Wildman–Crippen LogP) is 21.1. The molecule has 8 nitrogen and oxygen atoms in total. The third-order valence-electron chi connectivity index (χ3n) is 11.6. The van der Waals surface area contributed by atoms with Crippen molar-refractivity contribution in [3.8, 4) is 47.4 Å². The number of carbonyl (C=O) groups is 5. The molecule has 0 saturated heterocycles. The van der Waals surface area contributed by atoms with Crippen LogP contribution in [-0.4, -0.2) is 68.9 Å². The van der Waals surface area contributed by atoms with Gasteiger partial charge in [-0.05, 0) is 90.0 Å². The van der Waals surface area contributed by atoms with E-state index in [1.54, 1.807) is 13.8 Å². The summed E-state index contributed by atoms with van der Waals surface area (Å²) in [4.78, 5) is 54.3. The molecule has 0 heterocycles. The minimum absolute atomic E-state index is 0.112. The van der Waals surface area contributed by atoms with Crippen LogP contribution in [0.5, 0.6) is 0 Å². The Hall–Kier alpha value is -3.53. The molecule has 1 N–H and O–H groups in total. The normalized spacial score (nSPS) is 9.60. The molecule has 0 amide bonds. The number of hydrogen-bond acceptors (Lipinski definition) is 8. The van der Waals surface area contributed by atoms with E-state index in [4.69, 9.17) is 9.47 Å². The lowest BCUT2D eigenvalue weighted by atomic mass is 10.1. The SMILES string of the molecule is CC#CCC(=O)C(C)C.CC#CCC(=O)C(C)C.CC#CCCC(C)C.CC#CCCC(C)C.CCCC(=O)C(C)C.CCCC(=O)C(C)C.CCCC(C)C.CCCCC(C)C.CCCCC(C)C.CNCCOCCOCCC(=O)C(C)C. The van der Waals surface area contributed by atoms with E-state index in [-0.39, 0.29) is 46.9 Å². The van der Waals surface area contributed by atoms with Crippen LogP contribution < -0.4 is 5.32 Å². The van der Waals surface area contributed by atoms with Gasteiger partial charge in [0.2, 0.25) is 0 Å². The first-order valence-corrected chi connectivity index (χ1v) is 33.8. The van der Waals surface area contributed by atoms with E-state index in [2.05, 4.69) is 143 Å². The molecular weight excluding hydrogens is 1050 g/mol. The molecule has 0 aromatic heterocycles. The summed E-state index contributed by atoms with van der Waals surface area (Å²) in [6.07, 6.45) is 20.4. The van der Waals surface area contributed by atoms with E-state index in [1.807, 2.05) is 104 Å². The number of ketones is 5. The van der Waals surface area contributed by atoms with E-state index in [9.17, 15) is 24.0 Å². The Morgan fingerprint density at radius 1 is 0.329 bits per heavy atom. The van der Waals surface area contributed by atoms with E-state index < -0.39 is 0 Å². The lowest BCUT2D eigenvalue weighted by Crippen LogP contribution is -2.17. The highest BCUT2D eigenvalue weighted by Crippen LogP contribution is 2.07. The standard InChI is InChI=1S/C11H23NO3.2C8H12O.2C8H14.2C7H14O.2C7H16.C6H14/c1-10(2)11(13)4-6-14-8-9-15-7-5-12-3;2*1-4-5-6-8(9)7(2)3;2*1-4-5-6-7-8(2)3;2*1-4-5-7(8)6(2)3;2*1-4-5-6-7(2)3;1-4-5-6(2)3/h10,12H,4-9H2,1-3H3;2*7H,6H2,1-3H3;2*8H,6-7H2,1-3H3;2*6H,4-5H2,1-3H3;2*7H,4-6H2,1-3H3;6H,4-5H2,1-3H3. The fourth-order valence-corrected chi connectivity index (χ4v) is 5.56. The molecule has 0 atom stereocenters.